The van der Waals surface area contributed by atoms with Crippen LogP contribution in [0.25, 0.3) is 0 Å². The molecule has 136 valence electrons. The second-order valence-electron chi connectivity index (χ2n) is 6.67. The van der Waals surface area contributed by atoms with E-state index in [4.69, 9.17) is 23.2 Å². The molecular formula is C20H20Cl2N2OS. The number of halogens is 2. The second kappa shape index (κ2) is 7.65. The second-order valence-corrected chi connectivity index (χ2v) is 9.24. The fourth-order valence-corrected chi connectivity index (χ4v) is 4.35. The monoisotopic (exact) mass is 406 g/mol. The Kier molecular flexibility index (Phi) is 5.68. The molecule has 0 fully saturated rings. The zero-order chi connectivity index (χ0) is 18.8. The van der Waals surface area contributed by atoms with E-state index in [0.29, 0.717) is 16.6 Å². The summed E-state index contributed by atoms with van der Waals surface area (Å²) in [7, 11) is 0. The zero-order valence-electron chi connectivity index (χ0n) is 14.6. The first-order chi connectivity index (χ1) is 12.3. The lowest BCUT2D eigenvalue weighted by atomic mass is 9.82. The molecule has 0 spiro atoms. The molecule has 0 saturated heterocycles. The number of aliphatic hydroxyl groups is 1. The average molecular weight is 407 g/mol. The Bertz CT molecular complexity index is 849. The van der Waals surface area contributed by atoms with E-state index >= 15 is 0 Å². The molecule has 1 N–H and O–H groups in total. The highest BCUT2D eigenvalue weighted by atomic mass is 35.5. The Morgan fingerprint density at radius 1 is 1.00 bits per heavy atom. The van der Waals surface area contributed by atoms with Crippen molar-refractivity contribution >= 4 is 35.0 Å². The summed E-state index contributed by atoms with van der Waals surface area (Å²) in [6.07, 6.45) is 5.27. The number of benzene rings is 2. The van der Waals surface area contributed by atoms with E-state index in [9.17, 15) is 5.11 Å². The van der Waals surface area contributed by atoms with Crippen molar-refractivity contribution in [3.63, 3.8) is 0 Å². The van der Waals surface area contributed by atoms with Gasteiger partial charge in [-0.25, -0.2) is 4.98 Å². The molecule has 0 aliphatic heterocycles. The Balaban J connectivity index is 2.00. The van der Waals surface area contributed by atoms with E-state index in [0.717, 1.165) is 10.5 Å². The van der Waals surface area contributed by atoms with Crippen LogP contribution < -0.4 is 0 Å². The molecule has 3 nitrogen and oxygen atoms in total. The topological polar surface area (TPSA) is 38.0 Å². The summed E-state index contributed by atoms with van der Waals surface area (Å²) in [5, 5.41) is 13.2. The minimum Gasteiger partial charge on any atom is -0.382 e. The lowest BCUT2D eigenvalue weighted by Crippen LogP contribution is -2.48. The van der Waals surface area contributed by atoms with E-state index in [1.807, 2.05) is 61.0 Å². The van der Waals surface area contributed by atoms with Crippen LogP contribution in [0.5, 0.6) is 0 Å². The molecule has 1 heterocycles. The van der Waals surface area contributed by atoms with Gasteiger partial charge in [0.05, 0.1) is 12.9 Å². The Morgan fingerprint density at radius 3 is 2.12 bits per heavy atom. The SMILES string of the molecule is CC(C)(Sc1ccc(Cl)cc1)C(O)(Cn1ccnc1)c1ccc(Cl)cc1. The van der Waals surface area contributed by atoms with Gasteiger partial charge in [-0.05, 0) is 55.8 Å². The number of nitrogens with zero attached hydrogens (tertiary/aromatic N) is 2. The molecule has 0 radical (unpaired) electrons. The molecule has 1 unspecified atom stereocenters. The van der Waals surface area contributed by atoms with Gasteiger partial charge >= 0.3 is 0 Å². The highest BCUT2D eigenvalue weighted by Gasteiger charge is 2.46. The van der Waals surface area contributed by atoms with Crippen molar-refractivity contribution in [2.75, 3.05) is 0 Å². The molecule has 1 atom stereocenters. The van der Waals surface area contributed by atoms with Gasteiger partial charge in [0.1, 0.15) is 5.60 Å². The predicted molar refractivity (Wildman–Crippen MR) is 109 cm³/mol. The largest absolute Gasteiger partial charge is 0.382 e. The lowest BCUT2D eigenvalue weighted by Gasteiger charge is -2.43. The maximum atomic E-state index is 11.9. The van der Waals surface area contributed by atoms with Crippen LogP contribution in [0.1, 0.15) is 19.4 Å². The minimum atomic E-state index is -1.15. The van der Waals surface area contributed by atoms with Gasteiger partial charge in [0, 0.05) is 32.1 Å². The van der Waals surface area contributed by atoms with E-state index in [-0.39, 0.29) is 0 Å². The number of rotatable bonds is 6. The normalized spacial score (nSPS) is 14.2. The number of thioether (sulfide) groups is 1. The van der Waals surface area contributed by atoms with Crippen LogP contribution in [-0.2, 0) is 12.1 Å². The molecule has 0 aliphatic carbocycles. The van der Waals surface area contributed by atoms with Crippen molar-refractivity contribution in [3.05, 3.63) is 82.9 Å². The molecule has 26 heavy (non-hydrogen) atoms. The van der Waals surface area contributed by atoms with Crippen molar-refractivity contribution in [2.24, 2.45) is 0 Å². The molecule has 2 aromatic carbocycles. The molecule has 3 rings (SSSR count). The number of imidazole rings is 1. The third-order valence-corrected chi connectivity index (χ3v) is 6.33. The summed E-state index contributed by atoms with van der Waals surface area (Å²) in [6, 6.07) is 15.0. The standard InChI is InChI=1S/C20H20Cl2N2OS/c1-19(2,26-18-9-7-17(22)8-10-18)20(25,13-24-12-11-23-14-24)15-3-5-16(21)6-4-15/h3-12,14,25H,13H2,1-2H3. The molecule has 3 aromatic rings. The van der Waals surface area contributed by atoms with Crippen molar-refractivity contribution in [1.29, 1.82) is 0 Å². The summed E-state index contributed by atoms with van der Waals surface area (Å²) in [5.74, 6) is 0. The molecule has 0 saturated carbocycles. The first kappa shape index (κ1) is 19.3. The number of hydrogen-bond acceptors (Lipinski definition) is 3. The molecular weight excluding hydrogens is 387 g/mol. The maximum Gasteiger partial charge on any atom is 0.122 e. The Labute approximate surface area is 168 Å². The highest BCUT2D eigenvalue weighted by Crippen LogP contribution is 2.47. The molecule has 0 bridgehead atoms. The lowest BCUT2D eigenvalue weighted by molar-refractivity contribution is -0.0107. The maximum absolute atomic E-state index is 11.9. The van der Waals surface area contributed by atoms with Gasteiger partial charge in [-0.1, -0.05) is 35.3 Å². The minimum absolute atomic E-state index is 0.377. The van der Waals surface area contributed by atoms with Crippen molar-refractivity contribution < 1.29 is 5.11 Å². The van der Waals surface area contributed by atoms with Crippen LogP contribution >= 0.6 is 35.0 Å². The van der Waals surface area contributed by atoms with E-state index in [1.165, 1.54) is 0 Å². The third kappa shape index (κ3) is 4.09. The summed E-state index contributed by atoms with van der Waals surface area (Å²) < 4.78 is 1.34. The fourth-order valence-electron chi connectivity index (χ4n) is 2.88. The third-order valence-electron chi connectivity index (χ3n) is 4.48. The van der Waals surface area contributed by atoms with Crippen LogP contribution in [0, 0.1) is 0 Å². The zero-order valence-corrected chi connectivity index (χ0v) is 16.9. The van der Waals surface area contributed by atoms with Crippen molar-refractivity contribution in [2.45, 2.75) is 35.6 Å². The van der Waals surface area contributed by atoms with Crippen LogP contribution in [0.2, 0.25) is 10.0 Å². The van der Waals surface area contributed by atoms with Crippen molar-refractivity contribution in [1.82, 2.24) is 9.55 Å². The van der Waals surface area contributed by atoms with E-state index < -0.39 is 10.3 Å². The van der Waals surface area contributed by atoms with E-state index in [2.05, 4.69) is 4.98 Å². The first-order valence-corrected chi connectivity index (χ1v) is 9.76. The van der Waals surface area contributed by atoms with Gasteiger partial charge in [0.2, 0.25) is 0 Å². The molecule has 0 aliphatic rings. The molecule has 1 aromatic heterocycles. The van der Waals surface area contributed by atoms with Gasteiger partial charge in [-0.3, -0.25) is 0 Å². The van der Waals surface area contributed by atoms with Gasteiger partial charge in [-0.15, -0.1) is 11.8 Å². The van der Waals surface area contributed by atoms with Gasteiger partial charge < -0.3 is 9.67 Å². The smallest absolute Gasteiger partial charge is 0.122 e. The summed E-state index contributed by atoms with van der Waals surface area (Å²) in [6.45, 7) is 4.46. The first-order valence-electron chi connectivity index (χ1n) is 8.19. The van der Waals surface area contributed by atoms with Crippen LogP contribution in [0.15, 0.2) is 72.1 Å². The highest BCUT2D eigenvalue weighted by molar-refractivity contribution is 8.00. The van der Waals surface area contributed by atoms with E-state index in [1.54, 1.807) is 36.4 Å². The molecule has 6 heteroatoms. The average Bonchev–Trinajstić information content (AvgIpc) is 3.10. The fraction of sp³-hybridized carbons (Fsp3) is 0.250. The van der Waals surface area contributed by atoms with Crippen LogP contribution in [-0.4, -0.2) is 19.4 Å². The van der Waals surface area contributed by atoms with Crippen LogP contribution in [0.3, 0.4) is 0 Å². The summed E-state index contributed by atoms with van der Waals surface area (Å²) in [5.41, 5.74) is -0.343. The van der Waals surface area contributed by atoms with Gasteiger partial charge in [-0.2, -0.15) is 0 Å². The van der Waals surface area contributed by atoms with Gasteiger partial charge in [0.15, 0.2) is 0 Å². The van der Waals surface area contributed by atoms with Gasteiger partial charge in [0.25, 0.3) is 0 Å². The number of aromatic nitrogens is 2. The van der Waals surface area contributed by atoms with Crippen LogP contribution in [0.4, 0.5) is 0 Å². The quantitative estimate of drug-likeness (QED) is 0.537. The van der Waals surface area contributed by atoms with Crippen molar-refractivity contribution in [3.8, 4) is 0 Å². The summed E-state index contributed by atoms with van der Waals surface area (Å²) >= 11 is 13.7. The number of hydrogen-bond donors (Lipinski definition) is 1. The molecule has 0 amide bonds. The Morgan fingerprint density at radius 2 is 1.58 bits per heavy atom. The summed E-state index contributed by atoms with van der Waals surface area (Å²) in [4.78, 5) is 5.14. The Hall–Kier alpha value is -1.46. The predicted octanol–water partition coefficient (Wildman–Crippen LogP) is 5.65.